The summed E-state index contributed by atoms with van der Waals surface area (Å²) in [5.74, 6) is 0. The van der Waals surface area contributed by atoms with Gasteiger partial charge in [-0.1, -0.05) is 121 Å². The van der Waals surface area contributed by atoms with Gasteiger partial charge in [-0.25, -0.2) is 0 Å². The van der Waals surface area contributed by atoms with Crippen LogP contribution < -0.4 is 15.8 Å². The van der Waals surface area contributed by atoms with Gasteiger partial charge in [-0.05, 0) is 76.5 Å². The van der Waals surface area contributed by atoms with Crippen LogP contribution in [0.2, 0.25) is 0 Å². The van der Waals surface area contributed by atoms with Crippen molar-refractivity contribution >= 4 is 67.7 Å². The number of benzene rings is 7. The van der Waals surface area contributed by atoms with E-state index in [1.807, 2.05) is 0 Å². The van der Waals surface area contributed by atoms with Gasteiger partial charge in [0.1, 0.15) is 11.2 Å². The molecule has 2 aromatic heterocycles. The Balaban J connectivity index is 1.40. The third-order valence-corrected chi connectivity index (χ3v) is 10.7. The maximum Gasteiger partial charge on any atom is 0.333 e. The summed E-state index contributed by atoms with van der Waals surface area (Å²) in [5.41, 5.74) is 17.9. The van der Waals surface area contributed by atoms with Gasteiger partial charge in [0.2, 0.25) is 0 Å². The minimum atomic E-state index is -0.0489. The Morgan fingerprint density at radius 3 is 2.12 bits per heavy atom. The molecule has 9 aromatic rings. The Labute approximate surface area is 284 Å². The van der Waals surface area contributed by atoms with Gasteiger partial charge in [0.05, 0.1) is 5.39 Å². The number of anilines is 3. The molecule has 0 amide bonds. The molecule has 2 aliphatic heterocycles. The highest BCUT2D eigenvalue weighted by atomic mass is 16.3. The molecule has 0 unspecified atom stereocenters. The van der Waals surface area contributed by atoms with Crippen LogP contribution in [-0.2, 0) is 0 Å². The second-order valence-corrected chi connectivity index (χ2v) is 13.3. The van der Waals surface area contributed by atoms with E-state index < -0.39 is 0 Å². The number of aryl methyl sites for hydroxylation is 1. The summed E-state index contributed by atoms with van der Waals surface area (Å²) in [5, 5.41) is 3.47. The fraction of sp³-hybridized carbons (Fsp3) is 0.0222. The van der Waals surface area contributed by atoms with Crippen molar-refractivity contribution in [3.63, 3.8) is 0 Å². The van der Waals surface area contributed by atoms with Gasteiger partial charge in [-0.2, -0.15) is 0 Å². The van der Waals surface area contributed by atoms with Crippen LogP contribution in [0.15, 0.2) is 162 Å². The lowest BCUT2D eigenvalue weighted by molar-refractivity contribution is 0.673. The van der Waals surface area contributed by atoms with Crippen LogP contribution in [-0.4, -0.2) is 11.3 Å². The van der Waals surface area contributed by atoms with Crippen molar-refractivity contribution in [2.45, 2.75) is 6.92 Å². The minimum Gasteiger partial charge on any atom is -0.455 e. The molecule has 0 spiro atoms. The van der Waals surface area contributed by atoms with Crippen molar-refractivity contribution in [2.24, 2.45) is 0 Å². The number of nitrogens with zero attached hydrogens (tertiary/aromatic N) is 2. The van der Waals surface area contributed by atoms with Crippen molar-refractivity contribution < 1.29 is 4.42 Å². The molecule has 49 heavy (non-hydrogen) atoms. The largest absolute Gasteiger partial charge is 0.455 e. The first-order chi connectivity index (χ1) is 24.3. The summed E-state index contributed by atoms with van der Waals surface area (Å²) >= 11 is 0. The Hall–Kier alpha value is -6.26. The summed E-state index contributed by atoms with van der Waals surface area (Å²) in [6.45, 7) is 2.18. The summed E-state index contributed by atoms with van der Waals surface area (Å²) in [4.78, 5) is 2.45. The zero-order valence-electron chi connectivity index (χ0n) is 26.9. The third-order valence-electron chi connectivity index (χ3n) is 10.7. The van der Waals surface area contributed by atoms with E-state index in [0.717, 1.165) is 27.6 Å². The molecular formula is C45H29BN2O. The lowest BCUT2D eigenvalue weighted by Crippen LogP contribution is -2.56. The van der Waals surface area contributed by atoms with E-state index >= 15 is 0 Å². The van der Waals surface area contributed by atoms with Crippen molar-refractivity contribution in [1.82, 2.24) is 4.48 Å². The van der Waals surface area contributed by atoms with E-state index in [4.69, 9.17) is 4.42 Å². The zero-order valence-corrected chi connectivity index (χ0v) is 26.9. The molecule has 0 atom stereocenters. The van der Waals surface area contributed by atoms with E-state index in [1.165, 1.54) is 72.3 Å². The van der Waals surface area contributed by atoms with Crippen molar-refractivity contribution in [2.75, 3.05) is 4.90 Å². The number of fused-ring (bicyclic) bond motifs is 8. The van der Waals surface area contributed by atoms with Gasteiger partial charge < -0.3 is 13.8 Å². The number of hydrogen-bond acceptors (Lipinski definition) is 2. The number of hydrogen-bond donors (Lipinski definition) is 0. The number of para-hydroxylation sites is 3. The van der Waals surface area contributed by atoms with E-state index in [-0.39, 0.29) is 6.85 Å². The highest BCUT2D eigenvalue weighted by Crippen LogP contribution is 2.52. The van der Waals surface area contributed by atoms with E-state index in [2.05, 4.69) is 174 Å². The second kappa shape index (κ2) is 9.88. The monoisotopic (exact) mass is 624 g/mol. The molecular weight excluding hydrogens is 595 g/mol. The summed E-state index contributed by atoms with van der Waals surface area (Å²) in [6.07, 6.45) is 0. The molecule has 7 aromatic carbocycles. The predicted molar refractivity (Wildman–Crippen MR) is 205 cm³/mol. The molecule has 0 fully saturated rings. The molecule has 3 nitrogen and oxygen atoms in total. The number of rotatable bonds is 3. The lowest BCUT2D eigenvalue weighted by Gasteiger charge is -2.40. The molecule has 0 saturated heterocycles. The smallest absolute Gasteiger partial charge is 0.333 e. The van der Waals surface area contributed by atoms with Crippen LogP contribution in [0, 0.1) is 6.92 Å². The first-order valence-corrected chi connectivity index (χ1v) is 17.0. The van der Waals surface area contributed by atoms with Gasteiger partial charge in [0.15, 0.2) is 0 Å². The molecule has 0 saturated carbocycles. The Bertz CT molecular complexity index is 2790. The van der Waals surface area contributed by atoms with E-state index in [9.17, 15) is 0 Å². The van der Waals surface area contributed by atoms with Gasteiger partial charge in [0, 0.05) is 50.2 Å². The van der Waals surface area contributed by atoms with E-state index in [0.29, 0.717) is 0 Å². The van der Waals surface area contributed by atoms with Crippen LogP contribution in [0.5, 0.6) is 0 Å². The molecule has 4 heterocycles. The van der Waals surface area contributed by atoms with Crippen molar-refractivity contribution in [3.8, 4) is 33.5 Å². The molecule has 0 bridgehead atoms. The Kier molecular flexibility index (Phi) is 5.40. The molecule has 0 radical (unpaired) electrons. The first kappa shape index (κ1) is 26.8. The molecule has 0 N–H and O–H groups in total. The fourth-order valence-electron chi connectivity index (χ4n) is 8.74. The van der Waals surface area contributed by atoms with Gasteiger partial charge in [0.25, 0.3) is 0 Å². The maximum absolute atomic E-state index is 6.91. The lowest BCUT2D eigenvalue weighted by atomic mass is 9.45. The minimum absolute atomic E-state index is 0.0489. The van der Waals surface area contributed by atoms with Crippen molar-refractivity contribution in [1.29, 1.82) is 0 Å². The highest BCUT2D eigenvalue weighted by molar-refractivity contribution is 6.90. The SMILES string of the molecule is Cc1ccccc1-c1c(-c2ccccc2)n2c3c(cc4c5ccccc5oc4c13)-c1cccc3c1B2c1ccccc1N3c1ccccc1. The average Bonchev–Trinajstić information content (AvgIpc) is 3.71. The van der Waals surface area contributed by atoms with Crippen LogP contribution in [0.3, 0.4) is 0 Å². The molecule has 2 aliphatic rings. The van der Waals surface area contributed by atoms with Gasteiger partial charge in [-0.15, -0.1) is 0 Å². The quantitative estimate of drug-likeness (QED) is 0.183. The number of furan rings is 1. The van der Waals surface area contributed by atoms with E-state index in [1.54, 1.807) is 0 Å². The van der Waals surface area contributed by atoms with Crippen LogP contribution >= 0.6 is 0 Å². The van der Waals surface area contributed by atoms with Gasteiger partial charge >= 0.3 is 6.85 Å². The fourth-order valence-corrected chi connectivity index (χ4v) is 8.74. The van der Waals surface area contributed by atoms with Crippen molar-refractivity contribution in [3.05, 3.63) is 163 Å². The molecule has 11 rings (SSSR count). The summed E-state index contributed by atoms with van der Waals surface area (Å²) < 4.78 is 9.57. The van der Waals surface area contributed by atoms with Crippen LogP contribution in [0.1, 0.15) is 5.56 Å². The number of aromatic nitrogens is 1. The van der Waals surface area contributed by atoms with Crippen LogP contribution in [0.4, 0.5) is 17.1 Å². The topological polar surface area (TPSA) is 21.3 Å². The Morgan fingerprint density at radius 1 is 0.571 bits per heavy atom. The molecule has 0 aliphatic carbocycles. The zero-order chi connectivity index (χ0) is 32.2. The van der Waals surface area contributed by atoms with Gasteiger partial charge in [-0.3, -0.25) is 0 Å². The standard InChI is InChI=1S/C45H29BN2O/c1-28-15-8-9-20-31(28)40-41-44-34(27-35-32-21-10-13-26-39(32)49-45(35)41)33-22-14-25-38-42(33)46(48(44)43(40)29-16-4-2-5-17-29)36-23-11-12-24-37(36)47(38)30-18-6-3-7-19-30/h2-27H,1H3. The van der Waals surface area contributed by atoms with Crippen LogP contribution in [0.25, 0.3) is 66.4 Å². The normalized spacial score (nSPS) is 12.9. The molecule has 4 heteroatoms. The first-order valence-electron chi connectivity index (χ1n) is 17.0. The average molecular weight is 625 g/mol. The third kappa shape index (κ3) is 3.53. The summed E-state index contributed by atoms with van der Waals surface area (Å²) in [7, 11) is 0. The highest BCUT2D eigenvalue weighted by Gasteiger charge is 2.44. The predicted octanol–water partition coefficient (Wildman–Crippen LogP) is 10.6. The molecule has 228 valence electrons. The Morgan fingerprint density at radius 2 is 1.27 bits per heavy atom. The summed E-state index contributed by atoms with van der Waals surface area (Å²) in [6, 6.07) is 57.3. The maximum atomic E-state index is 6.91. The second-order valence-electron chi connectivity index (χ2n) is 13.3.